The van der Waals surface area contributed by atoms with Gasteiger partial charge in [-0.05, 0) is 59.2 Å². The van der Waals surface area contributed by atoms with Gasteiger partial charge in [0.1, 0.15) is 11.1 Å². The molecule has 0 N–H and O–H groups in total. The molecule has 0 saturated carbocycles. The first-order chi connectivity index (χ1) is 21.4. The smallest absolute Gasteiger partial charge is 0.264 e. The molecule has 222 valence electrons. The van der Waals surface area contributed by atoms with E-state index in [2.05, 4.69) is 53.2 Å². The molecule has 1 unspecified atom stereocenters. The van der Waals surface area contributed by atoms with Crippen LogP contribution in [0.2, 0.25) is 0 Å². The lowest BCUT2D eigenvalue weighted by molar-refractivity contribution is -0.0437. The van der Waals surface area contributed by atoms with Crippen molar-refractivity contribution in [2.24, 2.45) is 0 Å². The predicted octanol–water partition coefficient (Wildman–Crippen LogP) is 6.17. The summed E-state index contributed by atoms with van der Waals surface area (Å²) in [7, 11) is -3.62. The molecule has 44 heavy (non-hydrogen) atoms. The SMILES string of the molecule is CS(=O)(=O)OCCOC1(c2cn(C(c3ccccc3)(c3ccccc3)c3ccccc3)cn2)CCCc2cc(C#N)ccc21. The lowest BCUT2D eigenvalue weighted by Crippen LogP contribution is -2.38. The Bertz CT molecular complexity index is 1790. The van der Waals surface area contributed by atoms with Gasteiger partial charge < -0.3 is 9.30 Å². The van der Waals surface area contributed by atoms with Crippen LogP contribution in [0.5, 0.6) is 0 Å². The Morgan fingerprint density at radius 2 is 1.48 bits per heavy atom. The predicted molar refractivity (Wildman–Crippen MR) is 168 cm³/mol. The molecule has 5 aromatic rings. The highest BCUT2D eigenvalue weighted by Crippen LogP contribution is 2.46. The second kappa shape index (κ2) is 12.2. The van der Waals surface area contributed by atoms with E-state index in [0.29, 0.717) is 17.7 Å². The highest BCUT2D eigenvalue weighted by Gasteiger charge is 2.44. The molecule has 0 spiro atoms. The van der Waals surface area contributed by atoms with E-state index >= 15 is 0 Å². The molecule has 1 aliphatic rings. The number of hydrogen-bond acceptors (Lipinski definition) is 6. The molecule has 0 saturated heterocycles. The fourth-order valence-electron chi connectivity index (χ4n) is 6.52. The van der Waals surface area contributed by atoms with Crippen LogP contribution in [-0.4, -0.2) is 37.4 Å². The molecular formula is C36H33N3O4S. The third kappa shape index (κ3) is 5.46. The zero-order chi connectivity index (χ0) is 30.6. The van der Waals surface area contributed by atoms with E-state index in [-0.39, 0.29) is 13.2 Å². The normalized spacial score (nSPS) is 16.6. The van der Waals surface area contributed by atoms with Crippen molar-refractivity contribution in [1.29, 1.82) is 5.26 Å². The Hall–Kier alpha value is -4.55. The molecular weight excluding hydrogens is 570 g/mol. The van der Waals surface area contributed by atoms with Crippen LogP contribution in [0, 0.1) is 11.3 Å². The lowest BCUT2D eigenvalue weighted by Gasteiger charge is -2.39. The number of ether oxygens (including phenoxy) is 1. The summed E-state index contributed by atoms with van der Waals surface area (Å²) in [6.07, 6.45) is 7.19. The van der Waals surface area contributed by atoms with Crippen molar-refractivity contribution in [1.82, 2.24) is 9.55 Å². The van der Waals surface area contributed by atoms with Crippen molar-refractivity contribution in [3.8, 4) is 6.07 Å². The van der Waals surface area contributed by atoms with E-state index in [4.69, 9.17) is 13.9 Å². The van der Waals surface area contributed by atoms with Crippen LogP contribution in [0.4, 0.5) is 0 Å². The number of aryl methyl sites for hydroxylation is 1. The van der Waals surface area contributed by atoms with E-state index < -0.39 is 21.3 Å². The van der Waals surface area contributed by atoms with Crippen LogP contribution in [0.1, 0.15) is 51.9 Å². The number of nitrogens with zero attached hydrogens (tertiary/aromatic N) is 3. The fraction of sp³-hybridized carbons (Fsp3) is 0.222. The van der Waals surface area contributed by atoms with Crippen molar-refractivity contribution in [3.63, 3.8) is 0 Å². The van der Waals surface area contributed by atoms with Crippen molar-refractivity contribution in [2.45, 2.75) is 30.4 Å². The summed E-state index contributed by atoms with van der Waals surface area (Å²) in [6.45, 7) is -0.0740. The minimum atomic E-state index is -3.62. The maximum atomic E-state index is 11.7. The number of imidazole rings is 1. The first kappa shape index (κ1) is 29.5. The van der Waals surface area contributed by atoms with Gasteiger partial charge in [0.2, 0.25) is 0 Å². The van der Waals surface area contributed by atoms with Gasteiger partial charge in [-0.3, -0.25) is 4.18 Å². The number of rotatable bonds is 10. The van der Waals surface area contributed by atoms with Crippen LogP contribution in [0.3, 0.4) is 0 Å². The fourth-order valence-corrected chi connectivity index (χ4v) is 6.89. The number of hydrogen-bond donors (Lipinski definition) is 0. The molecule has 1 heterocycles. The Morgan fingerprint density at radius 3 is 2.02 bits per heavy atom. The maximum Gasteiger partial charge on any atom is 0.264 e. The van der Waals surface area contributed by atoms with Crippen LogP contribution in [-0.2, 0) is 36.6 Å². The van der Waals surface area contributed by atoms with Crippen LogP contribution >= 0.6 is 0 Å². The van der Waals surface area contributed by atoms with Crippen LogP contribution in [0.15, 0.2) is 122 Å². The van der Waals surface area contributed by atoms with Gasteiger partial charge in [-0.1, -0.05) is 97.1 Å². The van der Waals surface area contributed by atoms with Gasteiger partial charge in [0.05, 0.1) is 43.1 Å². The van der Waals surface area contributed by atoms with Crippen molar-refractivity contribution < 1.29 is 17.3 Å². The summed E-state index contributed by atoms with van der Waals surface area (Å²) in [5.41, 5.74) is 4.73. The Kier molecular flexibility index (Phi) is 8.19. The molecule has 1 aliphatic carbocycles. The number of nitriles is 1. The number of aromatic nitrogens is 2. The van der Waals surface area contributed by atoms with E-state index in [1.165, 1.54) is 0 Å². The molecule has 6 rings (SSSR count). The van der Waals surface area contributed by atoms with Gasteiger partial charge in [-0.2, -0.15) is 13.7 Å². The Labute approximate surface area is 258 Å². The summed E-state index contributed by atoms with van der Waals surface area (Å²) in [5.74, 6) is 0. The molecule has 8 heteroatoms. The Morgan fingerprint density at radius 1 is 0.886 bits per heavy atom. The summed E-state index contributed by atoms with van der Waals surface area (Å²) in [4.78, 5) is 5.04. The van der Waals surface area contributed by atoms with Crippen molar-refractivity contribution in [3.05, 3.63) is 161 Å². The molecule has 1 atom stereocenters. The van der Waals surface area contributed by atoms with Gasteiger partial charge in [0.25, 0.3) is 10.1 Å². The van der Waals surface area contributed by atoms with E-state index in [1.807, 2.05) is 73.1 Å². The second-order valence-corrected chi connectivity index (χ2v) is 12.7. The molecule has 0 bridgehead atoms. The van der Waals surface area contributed by atoms with Gasteiger partial charge in [0, 0.05) is 6.20 Å². The van der Waals surface area contributed by atoms with E-state index in [9.17, 15) is 13.7 Å². The topological polar surface area (TPSA) is 94.2 Å². The molecule has 7 nitrogen and oxygen atoms in total. The molecule has 0 aliphatic heterocycles. The summed E-state index contributed by atoms with van der Waals surface area (Å²) < 4.78 is 37.2. The molecule has 0 fully saturated rings. The molecule has 0 radical (unpaired) electrons. The third-order valence-corrected chi connectivity index (χ3v) is 8.93. The van der Waals surface area contributed by atoms with E-state index in [1.54, 1.807) is 6.07 Å². The molecule has 1 aromatic heterocycles. The van der Waals surface area contributed by atoms with Crippen LogP contribution in [0.25, 0.3) is 0 Å². The zero-order valence-corrected chi connectivity index (χ0v) is 25.3. The average Bonchev–Trinajstić information content (AvgIpc) is 3.55. The average molecular weight is 604 g/mol. The highest BCUT2D eigenvalue weighted by atomic mass is 32.2. The standard InChI is InChI=1S/C36H33N3O4S/c1-44(40,41)43-23-22-42-35(21-11-12-29-24-28(25-37)19-20-33(29)35)34-26-39(27-38-34)36(30-13-5-2-6-14-30,31-15-7-3-8-16-31)32-17-9-4-10-18-32/h2-10,13-20,24,26-27H,11-12,21-23H2,1H3. The highest BCUT2D eigenvalue weighted by molar-refractivity contribution is 7.85. The largest absolute Gasteiger partial charge is 0.361 e. The quantitative estimate of drug-likeness (QED) is 0.108. The zero-order valence-electron chi connectivity index (χ0n) is 24.5. The molecule has 0 amide bonds. The third-order valence-electron chi connectivity index (χ3n) is 8.33. The Balaban J connectivity index is 1.55. The minimum absolute atomic E-state index is 0.0422. The van der Waals surface area contributed by atoms with E-state index in [0.717, 1.165) is 46.9 Å². The summed E-state index contributed by atoms with van der Waals surface area (Å²) >= 11 is 0. The minimum Gasteiger partial charge on any atom is -0.361 e. The summed E-state index contributed by atoms with van der Waals surface area (Å²) in [5, 5.41) is 9.58. The van der Waals surface area contributed by atoms with Gasteiger partial charge in [-0.25, -0.2) is 4.98 Å². The molecule has 4 aromatic carbocycles. The number of fused-ring (bicyclic) bond motifs is 1. The van der Waals surface area contributed by atoms with Crippen LogP contribution < -0.4 is 0 Å². The first-order valence-electron chi connectivity index (χ1n) is 14.6. The van der Waals surface area contributed by atoms with Crippen molar-refractivity contribution in [2.75, 3.05) is 19.5 Å². The van der Waals surface area contributed by atoms with Gasteiger partial charge in [0.15, 0.2) is 0 Å². The number of benzene rings is 4. The van der Waals surface area contributed by atoms with Gasteiger partial charge >= 0.3 is 0 Å². The van der Waals surface area contributed by atoms with Gasteiger partial charge in [-0.15, -0.1) is 0 Å². The summed E-state index contributed by atoms with van der Waals surface area (Å²) in [6, 6.07) is 39.0. The first-order valence-corrected chi connectivity index (χ1v) is 16.4. The second-order valence-electron chi connectivity index (χ2n) is 11.0. The monoisotopic (exact) mass is 603 g/mol. The van der Waals surface area contributed by atoms with Crippen molar-refractivity contribution >= 4 is 10.1 Å². The lowest BCUT2D eigenvalue weighted by atomic mass is 9.75. The maximum absolute atomic E-state index is 11.7.